The predicted molar refractivity (Wildman–Crippen MR) is 91.0 cm³/mol. The van der Waals surface area contributed by atoms with E-state index in [0.29, 0.717) is 25.5 Å². The SMILES string of the molecule is CC1(c2cccc(-c3cccc(CC#N)c3)c2)COCC(N)=N1. The molecule has 0 aliphatic carbocycles. The highest BCUT2D eigenvalue weighted by Crippen LogP contribution is 2.31. The van der Waals surface area contributed by atoms with Gasteiger partial charge in [0, 0.05) is 0 Å². The fourth-order valence-corrected chi connectivity index (χ4v) is 2.87. The van der Waals surface area contributed by atoms with Crippen LogP contribution in [0.2, 0.25) is 0 Å². The van der Waals surface area contributed by atoms with Gasteiger partial charge in [0.25, 0.3) is 0 Å². The standard InChI is InChI=1S/C19H19N3O/c1-19(13-23-12-18(21)22-19)17-7-3-6-16(11-17)15-5-2-4-14(10-15)8-9-20/h2-7,10-11H,8,12-13H2,1H3,(H2,21,22). The Kier molecular flexibility index (Phi) is 4.14. The number of aliphatic imine (C=N–C) groups is 1. The lowest BCUT2D eigenvalue weighted by atomic mass is 9.90. The molecular formula is C19H19N3O. The first kappa shape index (κ1) is 15.3. The molecule has 0 fully saturated rings. The summed E-state index contributed by atoms with van der Waals surface area (Å²) in [5.41, 5.74) is 9.67. The van der Waals surface area contributed by atoms with Gasteiger partial charge in [0.15, 0.2) is 0 Å². The quantitative estimate of drug-likeness (QED) is 0.947. The second-order valence-corrected chi connectivity index (χ2v) is 5.99. The number of nitrogens with zero attached hydrogens (tertiary/aromatic N) is 2. The van der Waals surface area contributed by atoms with E-state index in [0.717, 1.165) is 22.3 Å². The van der Waals surface area contributed by atoms with Gasteiger partial charge in [-0.1, -0.05) is 42.5 Å². The van der Waals surface area contributed by atoms with E-state index in [1.54, 1.807) is 0 Å². The first-order chi connectivity index (χ1) is 11.1. The van der Waals surface area contributed by atoms with Gasteiger partial charge in [0.1, 0.15) is 18.0 Å². The van der Waals surface area contributed by atoms with Crippen molar-refractivity contribution < 1.29 is 4.74 Å². The summed E-state index contributed by atoms with van der Waals surface area (Å²) in [6, 6.07) is 18.5. The van der Waals surface area contributed by atoms with Crippen molar-refractivity contribution in [1.82, 2.24) is 0 Å². The average Bonchev–Trinajstić information content (AvgIpc) is 2.55. The molecule has 4 heteroatoms. The maximum absolute atomic E-state index is 8.86. The molecule has 1 atom stereocenters. The molecule has 23 heavy (non-hydrogen) atoms. The first-order valence-corrected chi connectivity index (χ1v) is 7.59. The Bertz CT molecular complexity index is 791. The number of nitrogens with two attached hydrogens (primary N) is 1. The normalized spacial score (nSPS) is 20.6. The van der Waals surface area contributed by atoms with Crippen molar-refractivity contribution in [1.29, 1.82) is 5.26 Å². The molecule has 0 saturated heterocycles. The molecule has 0 spiro atoms. The molecule has 116 valence electrons. The summed E-state index contributed by atoms with van der Waals surface area (Å²) in [6.45, 7) is 2.95. The molecule has 1 unspecified atom stereocenters. The van der Waals surface area contributed by atoms with Crippen LogP contribution in [0.15, 0.2) is 53.5 Å². The minimum atomic E-state index is -0.456. The zero-order valence-electron chi connectivity index (χ0n) is 13.1. The van der Waals surface area contributed by atoms with E-state index < -0.39 is 5.54 Å². The highest BCUT2D eigenvalue weighted by molar-refractivity contribution is 5.82. The van der Waals surface area contributed by atoms with E-state index in [4.69, 9.17) is 15.7 Å². The lowest BCUT2D eigenvalue weighted by Crippen LogP contribution is -2.37. The van der Waals surface area contributed by atoms with Crippen molar-refractivity contribution in [3.63, 3.8) is 0 Å². The van der Waals surface area contributed by atoms with Crippen LogP contribution in [-0.4, -0.2) is 19.0 Å². The number of ether oxygens (including phenoxy) is 1. The van der Waals surface area contributed by atoms with E-state index >= 15 is 0 Å². The van der Waals surface area contributed by atoms with Gasteiger partial charge in [-0.15, -0.1) is 0 Å². The third-order valence-electron chi connectivity index (χ3n) is 4.05. The number of benzene rings is 2. The van der Waals surface area contributed by atoms with Crippen LogP contribution in [-0.2, 0) is 16.7 Å². The van der Waals surface area contributed by atoms with Gasteiger partial charge in [-0.05, 0) is 35.2 Å². The molecule has 4 nitrogen and oxygen atoms in total. The van der Waals surface area contributed by atoms with Crippen LogP contribution in [0.3, 0.4) is 0 Å². The van der Waals surface area contributed by atoms with Crippen LogP contribution < -0.4 is 5.73 Å². The van der Waals surface area contributed by atoms with Crippen molar-refractivity contribution in [2.24, 2.45) is 10.7 Å². The molecular weight excluding hydrogens is 286 g/mol. The van der Waals surface area contributed by atoms with Crippen molar-refractivity contribution in [2.75, 3.05) is 13.2 Å². The number of nitriles is 1. The van der Waals surface area contributed by atoms with Gasteiger partial charge >= 0.3 is 0 Å². The second kappa shape index (κ2) is 6.23. The Morgan fingerprint density at radius 2 is 1.96 bits per heavy atom. The molecule has 1 heterocycles. The van der Waals surface area contributed by atoms with Crippen LogP contribution in [0.5, 0.6) is 0 Å². The summed E-state index contributed by atoms with van der Waals surface area (Å²) < 4.78 is 5.56. The molecule has 2 N–H and O–H groups in total. The van der Waals surface area contributed by atoms with Crippen LogP contribution in [0, 0.1) is 11.3 Å². The lowest BCUT2D eigenvalue weighted by Gasteiger charge is -2.30. The Balaban J connectivity index is 1.99. The Morgan fingerprint density at radius 3 is 2.70 bits per heavy atom. The van der Waals surface area contributed by atoms with Gasteiger partial charge < -0.3 is 10.5 Å². The Hall–Kier alpha value is -2.64. The predicted octanol–water partition coefficient (Wildman–Crippen LogP) is 3.02. The third-order valence-corrected chi connectivity index (χ3v) is 4.05. The maximum atomic E-state index is 8.86. The van der Waals surface area contributed by atoms with Crippen LogP contribution in [0.25, 0.3) is 11.1 Å². The largest absolute Gasteiger partial charge is 0.386 e. The van der Waals surface area contributed by atoms with Crippen LogP contribution >= 0.6 is 0 Å². The Morgan fingerprint density at radius 1 is 1.22 bits per heavy atom. The summed E-state index contributed by atoms with van der Waals surface area (Å²) in [5.74, 6) is 0.528. The monoisotopic (exact) mass is 305 g/mol. The summed E-state index contributed by atoms with van der Waals surface area (Å²) in [7, 11) is 0. The fraction of sp³-hybridized carbons (Fsp3) is 0.263. The molecule has 0 amide bonds. The number of hydrogen-bond acceptors (Lipinski definition) is 4. The molecule has 0 radical (unpaired) electrons. The van der Waals surface area contributed by atoms with E-state index in [9.17, 15) is 0 Å². The highest BCUT2D eigenvalue weighted by Gasteiger charge is 2.30. The fourth-order valence-electron chi connectivity index (χ4n) is 2.87. The molecule has 2 aromatic carbocycles. The lowest BCUT2D eigenvalue weighted by molar-refractivity contribution is 0.106. The molecule has 0 bridgehead atoms. The summed E-state index contributed by atoms with van der Waals surface area (Å²) in [6.07, 6.45) is 0.417. The number of hydrogen-bond donors (Lipinski definition) is 1. The van der Waals surface area contributed by atoms with E-state index in [1.807, 2.05) is 31.2 Å². The van der Waals surface area contributed by atoms with Crippen LogP contribution in [0.1, 0.15) is 18.1 Å². The summed E-state index contributed by atoms with van der Waals surface area (Å²) in [5, 5.41) is 8.86. The minimum absolute atomic E-state index is 0.394. The average molecular weight is 305 g/mol. The van der Waals surface area contributed by atoms with Gasteiger partial charge in [-0.25, -0.2) is 0 Å². The second-order valence-electron chi connectivity index (χ2n) is 5.99. The number of amidine groups is 1. The smallest absolute Gasteiger partial charge is 0.121 e. The summed E-state index contributed by atoms with van der Waals surface area (Å²) >= 11 is 0. The highest BCUT2D eigenvalue weighted by atomic mass is 16.5. The van der Waals surface area contributed by atoms with Crippen LogP contribution in [0.4, 0.5) is 0 Å². The molecule has 1 aliphatic heterocycles. The molecule has 3 rings (SSSR count). The van der Waals surface area contributed by atoms with Gasteiger partial charge in [0.2, 0.25) is 0 Å². The van der Waals surface area contributed by atoms with Crippen molar-refractivity contribution in [3.05, 3.63) is 59.7 Å². The van der Waals surface area contributed by atoms with E-state index in [-0.39, 0.29) is 0 Å². The zero-order chi connectivity index (χ0) is 16.3. The molecule has 0 aromatic heterocycles. The van der Waals surface area contributed by atoms with Gasteiger partial charge in [-0.2, -0.15) is 5.26 Å². The minimum Gasteiger partial charge on any atom is -0.386 e. The zero-order valence-corrected chi connectivity index (χ0v) is 13.1. The van der Waals surface area contributed by atoms with E-state index in [1.165, 1.54) is 0 Å². The first-order valence-electron chi connectivity index (χ1n) is 7.59. The molecule has 2 aromatic rings. The molecule has 1 aliphatic rings. The summed E-state index contributed by atoms with van der Waals surface area (Å²) in [4.78, 5) is 4.59. The van der Waals surface area contributed by atoms with Crippen molar-refractivity contribution in [3.8, 4) is 17.2 Å². The van der Waals surface area contributed by atoms with Gasteiger partial charge in [-0.3, -0.25) is 4.99 Å². The van der Waals surface area contributed by atoms with Crippen molar-refractivity contribution >= 4 is 5.84 Å². The molecule has 0 saturated carbocycles. The number of rotatable bonds is 3. The van der Waals surface area contributed by atoms with E-state index in [2.05, 4.69) is 35.3 Å². The maximum Gasteiger partial charge on any atom is 0.121 e. The third kappa shape index (κ3) is 3.25. The Labute approximate surface area is 136 Å². The van der Waals surface area contributed by atoms with Gasteiger partial charge in [0.05, 0.1) is 19.1 Å². The topological polar surface area (TPSA) is 71.4 Å². The van der Waals surface area contributed by atoms with Crippen molar-refractivity contribution in [2.45, 2.75) is 18.9 Å².